The molecule has 0 heterocycles. The Kier molecular flexibility index (Phi) is 9.41. The number of hydrogen-bond acceptors (Lipinski definition) is 0. The Bertz CT molecular complexity index is 71.3. The van der Waals surface area contributed by atoms with Crippen LogP contribution in [0.15, 0.2) is 0 Å². The molecule has 0 aliphatic rings. The van der Waals surface area contributed by atoms with Crippen LogP contribution in [0.1, 0.15) is 52.4 Å². The first-order valence-corrected chi connectivity index (χ1v) is 6.39. The van der Waals surface area contributed by atoms with E-state index in [-0.39, 0.29) is 0 Å². The van der Waals surface area contributed by atoms with Crippen LogP contribution in [0.2, 0.25) is 0 Å². The normalized spacial score (nSPS) is 13.4. The minimum Gasteiger partial charge on any atom is -0.0864 e. The van der Waals surface area contributed by atoms with Gasteiger partial charge in [-0.05, 0) is 16.8 Å². The van der Waals surface area contributed by atoms with Gasteiger partial charge in [0.25, 0.3) is 0 Å². The largest absolute Gasteiger partial charge is 0.0864 e. The molecule has 0 aromatic rings. The van der Waals surface area contributed by atoms with Crippen molar-refractivity contribution in [2.45, 2.75) is 52.4 Å². The molecule has 0 aliphatic heterocycles. The van der Waals surface area contributed by atoms with Crippen molar-refractivity contribution in [2.75, 3.05) is 4.43 Å². The van der Waals surface area contributed by atoms with Crippen LogP contribution in [0.5, 0.6) is 0 Å². The van der Waals surface area contributed by atoms with E-state index in [1.807, 2.05) is 0 Å². The number of hydrogen-bond donors (Lipinski definition) is 0. The molecule has 0 aromatic heterocycles. The van der Waals surface area contributed by atoms with Crippen molar-refractivity contribution >= 4 is 22.6 Å². The van der Waals surface area contributed by atoms with Crippen LogP contribution in [0, 0.1) is 5.92 Å². The van der Waals surface area contributed by atoms with Crippen molar-refractivity contribution in [3.8, 4) is 0 Å². The smallest absolute Gasteiger partial charge is 0.000473 e. The molecule has 11 heavy (non-hydrogen) atoms. The Labute approximate surface area is 85.3 Å². The molecule has 0 nitrogen and oxygen atoms in total. The fourth-order valence-corrected chi connectivity index (χ4v) is 1.68. The lowest BCUT2D eigenvalue weighted by Gasteiger charge is -2.06. The molecule has 1 atom stereocenters. The van der Waals surface area contributed by atoms with Crippen LogP contribution in [-0.4, -0.2) is 4.43 Å². The molecule has 0 saturated carbocycles. The van der Waals surface area contributed by atoms with E-state index in [0.717, 1.165) is 5.92 Å². The summed E-state index contributed by atoms with van der Waals surface area (Å²) in [5.74, 6) is 0.953. The lowest BCUT2D eigenvalue weighted by Crippen LogP contribution is -1.91. The number of alkyl halides is 1. The predicted molar refractivity (Wildman–Crippen MR) is 61.4 cm³/mol. The number of unbranched alkanes of at least 4 members (excludes halogenated alkanes) is 3. The molecule has 0 fully saturated rings. The zero-order valence-corrected chi connectivity index (χ0v) is 10.1. The van der Waals surface area contributed by atoms with Crippen molar-refractivity contribution in [1.82, 2.24) is 0 Å². The molecule has 0 bridgehead atoms. The van der Waals surface area contributed by atoms with Gasteiger partial charge in [0, 0.05) is 0 Å². The van der Waals surface area contributed by atoms with Crippen LogP contribution in [-0.2, 0) is 0 Å². The third kappa shape index (κ3) is 8.64. The van der Waals surface area contributed by atoms with Crippen molar-refractivity contribution < 1.29 is 0 Å². The van der Waals surface area contributed by atoms with Gasteiger partial charge in [-0.1, -0.05) is 68.5 Å². The zero-order chi connectivity index (χ0) is 8.53. The molecule has 0 saturated heterocycles. The maximum absolute atomic E-state index is 2.46. The zero-order valence-electron chi connectivity index (χ0n) is 7.91. The predicted octanol–water partition coefficient (Wildman–Crippen LogP) is 4.42. The summed E-state index contributed by atoms with van der Waals surface area (Å²) in [7, 11) is 0. The van der Waals surface area contributed by atoms with E-state index in [9.17, 15) is 0 Å². The molecule has 0 aromatic carbocycles. The van der Waals surface area contributed by atoms with Gasteiger partial charge in [0.05, 0.1) is 0 Å². The fraction of sp³-hybridized carbons (Fsp3) is 1.00. The summed E-state index contributed by atoms with van der Waals surface area (Å²) in [6, 6.07) is 0. The van der Waals surface area contributed by atoms with Gasteiger partial charge in [0.15, 0.2) is 0 Å². The second-order valence-electron chi connectivity index (χ2n) is 3.41. The number of rotatable bonds is 7. The highest BCUT2D eigenvalue weighted by molar-refractivity contribution is 14.1. The highest BCUT2D eigenvalue weighted by atomic mass is 127. The van der Waals surface area contributed by atoms with Gasteiger partial charge in [-0.15, -0.1) is 0 Å². The SMILES string of the molecule is CC[C@@H](C)CCCCCCI. The lowest BCUT2D eigenvalue weighted by molar-refractivity contribution is 0.478. The topological polar surface area (TPSA) is 0 Å². The minimum atomic E-state index is 0.953. The molecule has 0 amide bonds. The molecule has 0 spiro atoms. The van der Waals surface area contributed by atoms with Gasteiger partial charge in [0.2, 0.25) is 0 Å². The molecule has 0 unspecified atom stereocenters. The Hall–Kier alpha value is 0.730. The average molecular weight is 268 g/mol. The Morgan fingerprint density at radius 2 is 1.73 bits per heavy atom. The number of halogens is 1. The van der Waals surface area contributed by atoms with Gasteiger partial charge in [-0.3, -0.25) is 0 Å². The van der Waals surface area contributed by atoms with Gasteiger partial charge in [0.1, 0.15) is 0 Å². The van der Waals surface area contributed by atoms with Crippen LogP contribution in [0.3, 0.4) is 0 Å². The van der Waals surface area contributed by atoms with E-state index >= 15 is 0 Å². The van der Waals surface area contributed by atoms with Crippen LogP contribution < -0.4 is 0 Å². The summed E-state index contributed by atoms with van der Waals surface area (Å²) in [4.78, 5) is 0. The Morgan fingerprint density at radius 1 is 1.09 bits per heavy atom. The van der Waals surface area contributed by atoms with Crippen LogP contribution in [0.25, 0.3) is 0 Å². The molecule has 1 heteroatoms. The molecular weight excluding hydrogens is 247 g/mol. The molecule has 0 N–H and O–H groups in total. The van der Waals surface area contributed by atoms with E-state index in [2.05, 4.69) is 36.4 Å². The summed E-state index contributed by atoms with van der Waals surface area (Å²) < 4.78 is 1.33. The fourth-order valence-electron chi connectivity index (χ4n) is 1.14. The van der Waals surface area contributed by atoms with Crippen molar-refractivity contribution in [3.63, 3.8) is 0 Å². The molecule has 0 radical (unpaired) electrons. The van der Waals surface area contributed by atoms with Crippen LogP contribution in [0.4, 0.5) is 0 Å². The maximum atomic E-state index is 2.46. The highest BCUT2D eigenvalue weighted by Crippen LogP contribution is 2.13. The van der Waals surface area contributed by atoms with Gasteiger partial charge in [-0.25, -0.2) is 0 Å². The quantitative estimate of drug-likeness (QED) is 0.364. The second-order valence-corrected chi connectivity index (χ2v) is 4.48. The van der Waals surface area contributed by atoms with E-state index in [1.165, 1.54) is 43.0 Å². The first kappa shape index (κ1) is 11.7. The maximum Gasteiger partial charge on any atom is -0.000473 e. The molecule has 68 valence electrons. The summed E-state index contributed by atoms with van der Waals surface area (Å²) in [5, 5.41) is 0. The van der Waals surface area contributed by atoms with Crippen LogP contribution >= 0.6 is 22.6 Å². The molecule has 0 rings (SSSR count). The standard InChI is InChI=1S/C10H21I/c1-3-10(2)8-6-4-5-7-9-11/h10H,3-9H2,1-2H3/t10-/m1/s1. The second kappa shape index (κ2) is 8.82. The first-order chi connectivity index (χ1) is 5.31. The van der Waals surface area contributed by atoms with E-state index < -0.39 is 0 Å². The lowest BCUT2D eigenvalue weighted by atomic mass is 10.0. The van der Waals surface area contributed by atoms with Crippen molar-refractivity contribution in [3.05, 3.63) is 0 Å². The molecular formula is C10H21I. The summed E-state index contributed by atoms with van der Waals surface area (Å²) >= 11 is 2.46. The Morgan fingerprint density at radius 3 is 2.27 bits per heavy atom. The molecule has 0 aliphatic carbocycles. The third-order valence-electron chi connectivity index (χ3n) is 2.28. The third-order valence-corrected chi connectivity index (χ3v) is 3.04. The first-order valence-electron chi connectivity index (χ1n) is 4.87. The van der Waals surface area contributed by atoms with Gasteiger partial charge < -0.3 is 0 Å². The summed E-state index contributed by atoms with van der Waals surface area (Å²) in [6.45, 7) is 4.65. The van der Waals surface area contributed by atoms with E-state index in [0.29, 0.717) is 0 Å². The van der Waals surface area contributed by atoms with Gasteiger partial charge >= 0.3 is 0 Å². The van der Waals surface area contributed by atoms with E-state index in [4.69, 9.17) is 0 Å². The van der Waals surface area contributed by atoms with Crippen molar-refractivity contribution in [1.29, 1.82) is 0 Å². The summed E-state index contributed by atoms with van der Waals surface area (Å²) in [6.07, 6.45) is 8.56. The summed E-state index contributed by atoms with van der Waals surface area (Å²) in [5.41, 5.74) is 0. The van der Waals surface area contributed by atoms with E-state index in [1.54, 1.807) is 0 Å². The average Bonchev–Trinajstić information content (AvgIpc) is 2.04. The monoisotopic (exact) mass is 268 g/mol. The highest BCUT2D eigenvalue weighted by Gasteiger charge is 1.97. The minimum absolute atomic E-state index is 0.953. The van der Waals surface area contributed by atoms with Crippen molar-refractivity contribution in [2.24, 2.45) is 5.92 Å². The Balaban J connectivity index is 2.89. The van der Waals surface area contributed by atoms with Gasteiger partial charge in [-0.2, -0.15) is 0 Å².